The lowest BCUT2D eigenvalue weighted by Crippen LogP contribution is -1.98. The van der Waals surface area contributed by atoms with Crippen molar-refractivity contribution in [2.75, 3.05) is 12.0 Å². The second kappa shape index (κ2) is 5.28. The van der Waals surface area contributed by atoms with E-state index in [0.29, 0.717) is 0 Å². The average Bonchev–Trinajstić information content (AvgIpc) is 2.89. The predicted octanol–water partition coefficient (Wildman–Crippen LogP) is 2.52. The van der Waals surface area contributed by atoms with Crippen LogP contribution in [-0.2, 0) is 6.54 Å². The van der Waals surface area contributed by atoms with Gasteiger partial charge in [0.05, 0.1) is 11.4 Å². The maximum atomic E-state index is 6.01. The molecule has 5 nitrogen and oxygen atoms in total. The fourth-order valence-electron chi connectivity index (χ4n) is 1.30. The summed E-state index contributed by atoms with van der Waals surface area (Å²) in [5.74, 6) is 0. The molecule has 0 aliphatic rings. The molecule has 0 saturated heterocycles. The Balaban J connectivity index is 2.28. The average molecular weight is 287 g/mol. The van der Waals surface area contributed by atoms with Crippen LogP contribution >= 0.6 is 34.9 Å². The van der Waals surface area contributed by atoms with Gasteiger partial charge in [0, 0.05) is 6.54 Å². The summed E-state index contributed by atoms with van der Waals surface area (Å²) in [4.78, 5) is 0. The van der Waals surface area contributed by atoms with Gasteiger partial charge in [-0.15, -0.1) is 10.2 Å². The molecule has 0 aliphatic heterocycles. The minimum Gasteiger partial charge on any atom is -0.395 e. The highest BCUT2D eigenvalue weighted by atomic mass is 32.2. The highest BCUT2D eigenvalue weighted by Gasteiger charge is 2.15. The summed E-state index contributed by atoms with van der Waals surface area (Å²) in [6.07, 6.45) is 1.99. The van der Waals surface area contributed by atoms with Crippen LogP contribution in [-0.4, -0.2) is 26.2 Å². The van der Waals surface area contributed by atoms with Crippen molar-refractivity contribution in [2.45, 2.75) is 34.1 Å². The Morgan fingerprint density at radius 3 is 2.65 bits per heavy atom. The predicted molar refractivity (Wildman–Crippen MR) is 72.9 cm³/mol. The Labute approximate surface area is 112 Å². The first-order chi connectivity index (χ1) is 8.15. The van der Waals surface area contributed by atoms with Gasteiger partial charge in [-0.2, -0.15) is 5.10 Å². The second-order valence-corrected chi connectivity index (χ2v) is 6.53. The Kier molecular flexibility index (Phi) is 3.95. The third kappa shape index (κ3) is 2.58. The number of aryl methyl sites for hydroxylation is 2. The van der Waals surface area contributed by atoms with Crippen LogP contribution < -0.4 is 5.73 Å². The maximum Gasteiger partial charge on any atom is 0.181 e. The van der Waals surface area contributed by atoms with Crippen LogP contribution in [0.2, 0.25) is 0 Å². The lowest BCUT2D eigenvalue weighted by Gasteiger charge is -2.01. The number of nitrogens with two attached hydrogens (primary N) is 1. The molecule has 0 unspecified atom stereocenters. The van der Waals surface area contributed by atoms with Gasteiger partial charge < -0.3 is 5.73 Å². The molecule has 0 radical (unpaired) electrons. The van der Waals surface area contributed by atoms with Crippen molar-refractivity contribution < 1.29 is 0 Å². The maximum absolute atomic E-state index is 6.01. The zero-order chi connectivity index (χ0) is 12.4. The van der Waals surface area contributed by atoms with E-state index in [9.17, 15) is 0 Å². The minimum absolute atomic E-state index is 0.734. The van der Waals surface area contributed by atoms with E-state index in [-0.39, 0.29) is 0 Å². The van der Waals surface area contributed by atoms with Gasteiger partial charge in [-0.3, -0.25) is 4.68 Å². The Bertz CT molecular complexity index is 519. The Morgan fingerprint density at radius 2 is 2.06 bits per heavy atom. The van der Waals surface area contributed by atoms with E-state index in [1.54, 1.807) is 23.1 Å². The fraction of sp³-hybridized carbons (Fsp3) is 0.444. The van der Waals surface area contributed by atoms with Gasteiger partial charge in [0.2, 0.25) is 0 Å². The van der Waals surface area contributed by atoms with E-state index in [0.717, 1.165) is 31.6 Å². The Morgan fingerprint density at radius 1 is 1.35 bits per heavy atom. The van der Waals surface area contributed by atoms with Crippen LogP contribution in [0.3, 0.4) is 0 Å². The van der Waals surface area contributed by atoms with E-state index in [2.05, 4.69) is 15.3 Å². The number of nitrogens with zero attached hydrogens (tertiary/aromatic N) is 4. The third-order valence-electron chi connectivity index (χ3n) is 2.17. The van der Waals surface area contributed by atoms with E-state index in [1.807, 2.05) is 24.8 Å². The molecule has 0 aliphatic carbocycles. The number of rotatable bonds is 4. The molecule has 0 spiro atoms. The van der Waals surface area contributed by atoms with Gasteiger partial charge in [0.1, 0.15) is 5.03 Å². The summed E-state index contributed by atoms with van der Waals surface area (Å²) in [5.41, 5.74) is 7.61. The van der Waals surface area contributed by atoms with Crippen molar-refractivity contribution in [3.05, 3.63) is 5.69 Å². The quantitative estimate of drug-likeness (QED) is 0.871. The molecule has 0 amide bonds. The smallest absolute Gasteiger partial charge is 0.181 e. The number of thioether (sulfide) groups is 1. The summed E-state index contributed by atoms with van der Waals surface area (Å²) < 4.78 is 3.76. The summed E-state index contributed by atoms with van der Waals surface area (Å²) in [6.45, 7) is 4.76. The van der Waals surface area contributed by atoms with Crippen molar-refractivity contribution in [1.82, 2.24) is 20.0 Å². The van der Waals surface area contributed by atoms with Crippen LogP contribution in [0.25, 0.3) is 0 Å². The van der Waals surface area contributed by atoms with E-state index in [1.165, 1.54) is 11.8 Å². The molecule has 8 heteroatoms. The fourth-order valence-corrected chi connectivity index (χ4v) is 3.88. The first kappa shape index (κ1) is 12.7. The zero-order valence-electron chi connectivity index (χ0n) is 9.80. The molecule has 0 saturated carbocycles. The minimum atomic E-state index is 0.734. The largest absolute Gasteiger partial charge is 0.395 e. The summed E-state index contributed by atoms with van der Waals surface area (Å²) in [7, 11) is 0. The molecule has 2 N–H and O–H groups in total. The highest BCUT2D eigenvalue weighted by molar-refractivity contribution is 8.03. The summed E-state index contributed by atoms with van der Waals surface area (Å²) in [5, 5.41) is 13.5. The SMILES string of the molecule is CCn1nc(C)c(N)c1Sc1nnc(SC)s1. The molecule has 2 heterocycles. The number of anilines is 1. The molecule has 0 bridgehead atoms. The molecule has 2 rings (SSSR count). The van der Waals surface area contributed by atoms with E-state index in [4.69, 9.17) is 5.73 Å². The first-order valence-corrected chi connectivity index (χ1v) is 7.89. The van der Waals surface area contributed by atoms with E-state index >= 15 is 0 Å². The van der Waals surface area contributed by atoms with Crippen LogP contribution in [0.5, 0.6) is 0 Å². The molecule has 17 heavy (non-hydrogen) atoms. The lowest BCUT2D eigenvalue weighted by molar-refractivity contribution is 0.602. The van der Waals surface area contributed by atoms with Crippen LogP contribution in [0, 0.1) is 6.92 Å². The molecule has 92 valence electrons. The molecule has 2 aromatic heterocycles. The van der Waals surface area contributed by atoms with Gasteiger partial charge in [0.15, 0.2) is 8.68 Å². The van der Waals surface area contributed by atoms with Crippen LogP contribution in [0.1, 0.15) is 12.6 Å². The second-order valence-electron chi connectivity index (χ2n) is 3.26. The third-order valence-corrected chi connectivity index (χ3v) is 5.25. The van der Waals surface area contributed by atoms with Gasteiger partial charge in [-0.25, -0.2) is 0 Å². The molecule has 0 aromatic carbocycles. The van der Waals surface area contributed by atoms with Gasteiger partial charge in [-0.1, -0.05) is 23.1 Å². The zero-order valence-corrected chi connectivity index (χ0v) is 12.2. The van der Waals surface area contributed by atoms with Crippen molar-refractivity contribution in [3.63, 3.8) is 0 Å². The highest BCUT2D eigenvalue weighted by Crippen LogP contribution is 2.36. The monoisotopic (exact) mass is 287 g/mol. The van der Waals surface area contributed by atoms with Crippen LogP contribution in [0.4, 0.5) is 5.69 Å². The number of hydrogen-bond donors (Lipinski definition) is 1. The molecular weight excluding hydrogens is 274 g/mol. The van der Waals surface area contributed by atoms with Gasteiger partial charge in [0.25, 0.3) is 0 Å². The topological polar surface area (TPSA) is 69.6 Å². The van der Waals surface area contributed by atoms with Crippen molar-refractivity contribution >= 4 is 40.5 Å². The van der Waals surface area contributed by atoms with Crippen LogP contribution in [0.15, 0.2) is 13.7 Å². The van der Waals surface area contributed by atoms with Crippen molar-refractivity contribution in [2.24, 2.45) is 0 Å². The lowest BCUT2D eigenvalue weighted by atomic mass is 10.4. The molecular formula is C9H13N5S3. The molecule has 0 fully saturated rings. The van der Waals surface area contributed by atoms with Crippen molar-refractivity contribution in [3.8, 4) is 0 Å². The number of hydrogen-bond acceptors (Lipinski definition) is 7. The van der Waals surface area contributed by atoms with Gasteiger partial charge in [-0.05, 0) is 31.9 Å². The summed E-state index contributed by atoms with van der Waals surface area (Å²) in [6, 6.07) is 0. The standard InChI is InChI=1S/C9H13N5S3/c1-4-14-7(6(10)5(2)13-14)16-9-12-11-8(15-3)17-9/h4,10H2,1-3H3. The molecule has 2 aromatic rings. The first-order valence-electron chi connectivity index (χ1n) is 5.04. The van der Waals surface area contributed by atoms with Gasteiger partial charge >= 0.3 is 0 Å². The summed E-state index contributed by atoms with van der Waals surface area (Å²) >= 11 is 4.70. The normalized spacial score (nSPS) is 11.0. The molecule has 0 atom stereocenters. The van der Waals surface area contributed by atoms with Crippen molar-refractivity contribution in [1.29, 1.82) is 0 Å². The van der Waals surface area contributed by atoms with E-state index < -0.39 is 0 Å². The Hall–Kier alpha value is -0.730. The number of aromatic nitrogens is 4. The number of nitrogen functional groups attached to an aromatic ring is 1.